The maximum absolute atomic E-state index is 12.1. The molecule has 1 N–H and O–H groups in total. The van der Waals surface area contributed by atoms with Crippen molar-refractivity contribution in [1.82, 2.24) is 0 Å². The molecule has 5 nitrogen and oxygen atoms in total. The molecule has 114 valence electrons. The number of benzene rings is 1. The Labute approximate surface area is 114 Å². The molecule has 0 bridgehead atoms. The van der Waals surface area contributed by atoms with Gasteiger partial charge in [-0.25, -0.2) is 0 Å². The van der Waals surface area contributed by atoms with Crippen LogP contribution in [0.5, 0.6) is 11.5 Å². The highest BCUT2D eigenvalue weighted by Crippen LogP contribution is 2.28. The van der Waals surface area contributed by atoms with Gasteiger partial charge in [0.1, 0.15) is 0 Å². The van der Waals surface area contributed by atoms with E-state index in [4.69, 9.17) is 9.29 Å². The second kappa shape index (κ2) is 6.80. The molecule has 0 saturated carbocycles. The summed E-state index contributed by atoms with van der Waals surface area (Å²) < 4.78 is 75.3. The standard InChI is InChI=1S/C11H13F3O5S/c12-11(13,14)8-19-10-5-2-1-4-9(10)18-6-3-7-20(15,16)17/h1-2,4-5H,3,6-8H2,(H,15,16,17). The average Bonchev–Trinajstić information content (AvgIpc) is 2.31. The van der Waals surface area contributed by atoms with Crippen LogP contribution < -0.4 is 9.47 Å². The minimum absolute atomic E-state index is 0.00639. The molecule has 0 aromatic heterocycles. The van der Waals surface area contributed by atoms with Crippen molar-refractivity contribution in [3.05, 3.63) is 24.3 Å². The van der Waals surface area contributed by atoms with E-state index < -0.39 is 28.7 Å². The first-order chi connectivity index (χ1) is 9.17. The summed E-state index contributed by atoms with van der Waals surface area (Å²) in [5.41, 5.74) is 0. The zero-order valence-corrected chi connectivity index (χ0v) is 11.1. The van der Waals surface area contributed by atoms with E-state index in [1.165, 1.54) is 18.2 Å². The molecule has 1 aromatic carbocycles. The average molecular weight is 314 g/mol. The first kappa shape index (κ1) is 16.6. The lowest BCUT2D eigenvalue weighted by Gasteiger charge is -2.13. The predicted octanol–water partition coefficient (Wildman–Crippen LogP) is 2.28. The molecule has 0 spiro atoms. The normalized spacial score (nSPS) is 12.2. The molecule has 1 aromatic rings. The quantitative estimate of drug-likeness (QED) is 0.617. The molecular weight excluding hydrogens is 301 g/mol. The van der Waals surface area contributed by atoms with Crippen LogP contribution in [0.25, 0.3) is 0 Å². The van der Waals surface area contributed by atoms with Crippen molar-refractivity contribution in [3.63, 3.8) is 0 Å². The van der Waals surface area contributed by atoms with Crippen LogP contribution in [0.1, 0.15) is 6.42 Å². The Morgan fingerprint density at radius 1 is 1.10 bits per heavy atom. The van der Waals surface area contributed by atoms with E-state index in [-0.39, 0.29) is 24.5 Å². The lowest BCUT2D eigenvalue weighted by atomic mass is 10.3. The largest absolute Gasteiger partial charge is 0.490 e. The number of rotatable bonds is 7. The Balaban J connectivity index is 2.53. The van der Waals surface area contributed by atoms with E-state index in [1.807, 2.05) is 0 Å². The van der Waals surface area contributed by atoms with Crippen molar-refractivity contribution >= 4 is 10.1 Å². The Morgan fingerprint density at radius 3 is 2.15 bits per heavy atom. The first-order valence-electron chi connectivity index (χ1n) is 5.54. The van der Waals surface area contributed by atoms with E-state index in [0.717, 1.165) is 0 Å². The van der Waals surface area contributed by atoms with E-state index in [1.54, 1.807) is 6.07 Å². The van der Waals surface area contributed by atoms with Gasteiger partial charge in [0.15, 0.2) is 18.1 Å². The molecule has 0 fully saturated rings. The third-order valence-corrected chi connectivity index (χ3v) is 2.85. The Bertz CT molecular complexity index is 527. The molecule has 0 saturated heterocycles. The number of halogens is 3. The van der Waals surface area contributed by atoms with Crippen molar-refractivity contribution in [2.75, 3.05) is 19.0 Å². The summed E-state index contributed by atoms with van der Waals surface area (Å²) in [6.45, 7) is -1.52. The Hall–Kier alpha value is -1.48. The number of hydrogen-bond acceptors (Lipinski definition) is 4. The number of hydrogen-bond donors (Lipinski definition) is 1. The van der Waals surface area contributed by atoms with E-state index in [0.29, 0.717) is 0 Å². The molecule has 20 heavy (non-hydrogen) atoms. The minimum atomic E-state index is -4.46. The highest BCUT2D eigenvalue weighted by molar-refractivity contribution is 7.85. The highest BCUT2D eigenvalue weighted by atomic mass is 32.2. The van der Waals surface area contributed by atoms with Crippen LogP contribution in [0.3, 0.4) is 0 Å². The second-order valence-corrected chi connectivity index (χ2v) is 5.41. The molecule has 1 rings (SSSR count). The Kier molecular flexibility index (Phi) is 5.63. The van der Waals surface area contributed by atoms with Gasteiger partial charge in [-0.2, -0.15) is 21.6 Å². The van der Waals surface area contributed by atoms with Gasteiger partial charge in [0, 0.05) is 0 Å². The van der Waals surface area contributed by atoms with Crippen LogP contribution in [0.15, 0.2) is 24.3 Å². The summed E-state index contributed by atoms with van der Waals surface area (Å²) in [5, 5.41) is 0. The molecule has 0 amide bonds. The van der Waals surface area contributed by atoms with Gasteiger partial charge in [0.05, 0.1) is 12.4 Å². The second-order valence-electron chi connectivity index (χ2n) is 3.84. The summed E-state index contributed by atoms with van der Waals surface area (Å²) in [6.07, 6.45) is -4.45. The van der Waals surface area contributed by atoms with Crippen molar-refractivity contribution in [3.8, 4) is 11.5 Å². The molecular formula is C11H13F3O5S. The number of ether oxygens (including phenoxy) is 2. The smallest absolute Gasteiger partial charge is 0.422 e. The number of alkyl halides is 3. The van der Waals surface area contributed by atoms with Gasteiger partial charge in [-0.15, -0.1) is 0 Å². The number of para-hydroxylation sites is 2. The van der Waals surface area contributed by atoms with Crippen LogP contribution in [0.4, 0.5) is 13.2 Å². The van der Waals surface area contributed by atoms with Gasteiger partial charge in [-0.1, -0.05) is 12.1 Å². The van der Waals surface area contributed by atoms with Gasteiger partial charge in [0.25, 0.3) is 10.1 Å². The van der Waals surface area contributed by atoms with Gasteiger partial charge in [0.2, 0.25) is 0 Å². The van der Waals surface area contributed by atoms with Gasteiger partial charge in [-0.3, -0.25) is 4.55 Å². The molecule has 0 radical (unpaired) electrons. The minimum Gasteiger partial charge on any atom is -0.490 e. The van der Waals surface area contributed by atoms with E-state index in [2.05, 4.69) is 4.74 Å². The molecule has 0 aliphatic carbocycles. The van der Waals surface area contributed by atoms with E-state index in [9.17, 15) is 21.6 Å². The van der Waals surface area contributed by atoms with Gasteiger partial charge < -0.3 is 9.47 Å². The highest BCUT2D eigenvalue weighted by Gasteiger charge is 2.28. The fourth-order valence-electron chi connectivity index (χ4n) is 1.27. The van der Waals surface area contributed by atoms with Crippen LogP contribution in [0, 0.1) is 0 Å². The summed E-state index contributed by atoms with van der Waals surface area (Å²) in [6, 6.07) is 5.73. The lowest BCUT2D eigenvalue weighted by molar-refractivity contribution is -0.153. The maximum Gasteiger partial charge on any atom is 0.422 e. The predicted molar refractivity (Wildman–Crippen MR) is 64.5 cm³/mol. The monoisotopic (exact) mass is 314 g/mol. The molecule has 0 heterocycles. The first-order valence-corrected chi connectivity index (χ1v) is 7.15. The zero-order valence-electron chi connectivity index (χ0n) is 10.3. The fourth-order valence-corrected chi connectivity index (χ4v) is 1.75. The summed E-state index contributed by atoms with van der Waals surface area (Å²) in [4.78, 5) is 0. The van der Waals surface area contributed by atoms with Crippen LogP contribution >= 0.6 is 0 Å². The topological polar surface area (TPSA) is 72.8 Å². The van der Waals surface area contributed by atoms with Crippen molar-refractivity contribution in [2.45, 2.75) is 12.6 Å². The van der Waals surface area contributed by atoms with Crippen molar-refractivity contribution < 1.29 is 35.6 Å². The third-order valence-electron chi connectivity index (χ3n) is 2.04. The van der Waals surface area contributed by atoms with Crippen molar-refractivity contribution in [1.29, 1.82) is 0 Å². The van der Waals surface area contributed by atoms with Crippen LogP contribution in [-0.2, 0) is 10.1 Å². The summed E-state index contributed by atoms with van der Waals surface area (Å²) in [5.74, 6) is -0.498. The fraction of sp³-hybridized carbons (Fsp3) is 0.455. The van der Waals surface area contributed by atoms with E-state index >= 15 is 0 Å². The maximum atomic E-state index is 12.1. The van der Waals surface area contributed by atoms with Crippen LogP contribution in [0.2, 0.25) is 0 Å². The van der Waals surface area contributed by atoms with Crippen LogP contribution in [-0.4, -0.2) is 38.1 Å². The third kappa shape index (κ3) is 7.19. The Morgan fingerprint density at radius 2 is 1.65 bits per heavy atom. The lowest BCUT2D eigenvalue weighted by Crippen LogP contribution is -2.19. The SMILES string of the molecule is O=S(=O)(O)CCCOc1ccccc1OCC(F)(F)F. The van der Waals surface area contributed by atoms with Gasteiger partial charge in [-0.05, 0) is 18.6 Å². The molecule has 0 aliphatic heterocycles. The summed E-state index contributed by atoms with van der Waals surface area (Å²) >= 11 is 0. The molecule has 0 aliphatic rings. The van der Waals surface area contributed by atoms with Crippen molar-refractivity contribution in [2.24, 2.45) is 0 Å². The molecule has 9 heteroatoms. The summed E-state index contributed by atoms with van der Waals surface area (Å²) in [7, 11) is -4.08. The molecule has 0 atom stereocenters. The molecule has 0 unspecified atom stereocenters. The van der Waals surface area contributed by atoms with Gasteiger partial charge >= 0.3 is 6.18 Å². The zero-order chi connectivity index (χ0) is 15.2.